The number of carboxylic acid groups (broad SMARTS) is 1. The monoisotopic (exact) mass is 553 g/mol. The number of aromatic amines is 2. The summed E-state index contributed by atoms with van der Waals surface area (Å²) >= 11 is 0. The van der Waals surface area contributed by atoms with Crippen molar-refractivity contribution in [3.05, 3.63) is 102 Å². The summed E-state index contributed by atoms with van der Waals surface area (Å²) in [5, 5.41) is 26.6. The molecule has 0 aliphatic rings. The first-order valence-corrected chi connectivity index (χ1v) is 13.3. The molecule has 5 rings (SSSR count). The van der Waals surface area contributed by atoms with Crippen LogP contribution in [0.25, 0.3) is 21.8 Å². The molecular formula is C31H31N5O5. The van der Waals surface area contributed by atoms with E-state index in [2.05, 4.69) is 20.6 Å². The molecule has 41 heavy (non-hydrogen) atoms. The standard InChI is InChI=1S/C31H31N5O5/c32-24(14-19-16-33-25-7-3-1-5-22(19)25)29(38)35-27(15-20-17-34-26-8-4-2-6-23(20)26)30(39)36-28(31(40)41)13-18-9-11-21(37)12-10-18/h1-12,16-17,24,27-28,33-34,37H,13-15,32H2,(H,35,38)(H,36,39)(H,40,41)/t24-,27-,28-/m0/s1. The fraction of sp³-hybridized carbons (Fsp3) is 0.194. The number of amides is 2. The molecule has 10 nitrogen and oxygen atoms in total. The van der Waals surface area contributed by atoms with Crippen LogP contribution in [0.1, 0.15) is 16.7 Å². The number of aromatic nitrogens is 2. The number of fused-ring (bicyclic) bond motifs is 2. The van der Waals surface area contributed by atoms with E-state index in [4.69, 9.17) is 5.73 Å². The number of rotatable bonds is 11. The Morgan fingerprint density at radius 1 is 0.707 bits per heavy atom. The van der Waals surface area contributed by atoms with Gasteiger partial charge in [0.05, 0.1) is 6.04 Å². The number of phenols is 1. The Bertz CT molecular complexity index is 1690. The second kappa shape index (κ2) is 12.0. The van der Waals surface area contributed by atoms with Gasteiger partial charge in [0.1, 0.15) is 17.8 Å². The summed E-state index contributed by atoms with van der Waals surface area (Å²) in [5.41, 5.74) is 10.4. The molecule has 0 aliphatic carbocycles. The number of aliphatic carboxylic acids is 1. The van der Waals surface area contributed by atoms with Crippen LogP contribution in [0.2, 0.25) is 0 Å². The highest BCUT2D eigenvalue weighted by Crippen LogP contribution is 2.21. The van der Waals surface area contributed by atoms with E-state index >= 15 is 0 Å². The average molecular weight is 554 g/mol. The number of H-pyrrole nitrogens is 2. The largest absolute Gasteiger partial charge is 0.508 e. The molecule has 0 aliphatic heterocycles. The van der Waals surface area contributed by atoms with Gasteiger partial charge in [-0.3, -0.25) is 9.59 Å². The first-order chi connectivity index (χ1) is 19.8. The van der Waals surface area contributed by atoms with Crippen molar-refractivity contribution in [3.8, 4) is 5.75 Å². The third-order valence-electron chi connectivity index (χ3n) is 7.17. The highest BCUT2D eigenvalue weighted by atomic mass is 16.4. The molecule has 0 bridgehead atoms. The number of carbonyl (C=O) groups is 3. The summed E-state index contributed by atoms with van der Waals surface area (Å²) in [6.07, 6.45) is 3.95. The van der Waals surface area contributed by atoms with E-state index in [0.717, 1.165) is 32.9 Å². The maximum Gasteiger partial charge on any atom is 0.326 e. The van der Waals surface area contributed by atoms with Crippen LogP contribution >= 0.6 is 0 Å². The molecule has 8 N–H and O–H groups in total. The van der Waals surface area contributed by atoms with Crippen molar-refractivity contribution in [2.24, 2.45) is 5.73 Å². The van der Waals surface area contributed by atoms with Crippen LogP contribution < -0.4 is 16.4 Å². The van der Waals surface area contributed by atoms with Gasteiger partial charge in [0, 0.05) is 47.0 Å². The van der Waals surface area contributed by atoms with Crippen molar-refractivity contribution < 1.29 is 24.6 Å². The van der Waals surface area contributed by atoms with Gasteiger partial charge in [-0.1, -0.05) is 48.5 Å². The van der Waals surface area contributed by atoms with E-state index in [0.29, 0.717) is 5.56 Å². The smallest absolute Gasteiger partial charge is 0.326 e. The topological polar surface area (TPSA) is 173 Å². The zero-order valence-electron chi connectivity index (χ0n) is 22.1. The Morgan fingerprint density at radius 3 is 1.83 bits per heavy atom. The van der Waals surface area contributed by atoms with E-state index in [-0.39, 0.29) is 25.0 Å². The van der Waals surface area contributed by atoms with Gasteiger partial charge in [-0.2, -0.15) is 0 Å². The Morgan fingerprint density at radius 2 is 1.24 bits per heavy atom. The number of carboxylic acids is 1. The Hall–Kier alpha value is -5.09. The molecule has 0 fully saturated rings. The van der Waals surface area contributed by atoms with Crippen LogP contribution in [0.3, 0.4) is 0 Å². The molecule has 3 aromatic carbocycles. The molecule has 10 heteroatoms. The van der Waals surface area contributed by atoms with Crippen molar-refractivity contribution in [3.63, 3.8) is 0 Å². The van der Waals surface area contributed by atoms with Gasteiger partial charge in [-0.05, 0) is 47.4 Å². The third-order valence-corrected chi connectivity index (χ3v) is 7.17. The molecule has 210 valence electrons. The van der Waals surface area contributed by atoms with Crippen LogP contribution in [-0.2, 0) is 33.6 Å². The van der Waals surface area contributed by atoms with E-state index in [1.807, 2.05) is 54.7 Å². The van der Waals surface area contributed by atoms with Gasteiger partial charge in [0.2, 0.25) is 11.8 Å². The van der Waals surface area contributed by atoms with E-state index in [1.54, 1.807) is 18.3 Å². The van der Waals surface area contributed by atoms with Gasteiger partial charge in [0.15, 0.2) is 0 Å². The van der Waals surface area contributed by atoms with Gasteiger partial charge < -0.3 is 36.5 Å². The number of aromatic hydroxyl groups is 1. The fourth-order valence-electron chi connectivity index (χ4n) is 4.98. The quantitative estimate of drug-likeness (QED) is 0.132. The lowest BCUT2D eigenvalue weighted by Gasteiger charge is -2.23. The molecule has 0 saturated carbocycles. The Kier molecular flexibility index (Phi) is 8.02. The number of phenolic OH excluding ortho intramolecular Hbond substituents is 1. The predicted octanol–water partition coefficient (Wildman–Crippen LogP) is 2.76. The highest BCUT2D eigenvalue weighted by Gasteiger charge is 2.29. The van der Waals surface area contributed by atoms with Gasteiger partial charge in [-0.15, -0.1) is 0 Å². The maximum atomic E-state index is 13.5. The van der Waals surface area contributed by atoms with Crippen molar-refractivity contribution in [2.45, 2.75) is 37.4 Å². The fourth-order valence-corrected chi connectivity index (χ4v) is 4.98. The second-order valence-corrected chi connectivity index (χ2v) is 10.1. The SMILES string of the molecule is N[C@@H](Cc1c[nH]c2ccccc12)C(=O)N[C@@H](Cc1c[nH]c2ccccc12)C(=O)N[C@@H](Cc1ccc(O)cc1)C(=O)O. The summed E-state index contributed by atoms with van der Waals surface area (Å²) in [7, 11) is 0. The molecule has 3 atom stereocenters. The minimum absolute atomic E-state index is 0.00478. The summed E-state index contributed by atoms with van der Waals surface area (Å²) < 4.78 is 0. The lowest BCUT2D eigenvalue weighted by molar-refractivity contribution is -0.142. The minimum atomic E-state index is -1.26. The molecule has 0 spiro atoms. The van der Waals surface area contributed by atoms with Crippen molar-refractivity contribution in [1.82, 2.24) is 20.6 Å². The lowest BCUT2D eigenvalue weighted by atomic mass is 10.0. The molecule has 2 heterocycles. The predicted molar refractivity (Wildman–Crippen MR) is 155 cm³/mol. The van der Waals surface area contributed by atoms with E-state index < -0.39 is 35.9 Å². The Balaban J connectivity index is 1.35. The van der Waals surface area contributed by atoms with Gasteiger partial charge in [-0.25, -0.2) is 4.79 Å². The molecule has 0 unspecified atom stereocenters. The summed E-state index contributed by atoms with van der Waals surface area (Å²) in [6, 6.07) is 18.1. The number of carbonyl (C=O) groups excluding carboxylic acids is 2. The maximum absolute atomic E-state index is 13.5. The van der Waals surface area contributed by atoms with Crippen molar-refractivity contribution in [2.75, 3.05) is 0 Å². The number of nitrogens with one attached hydrogen (secondary N) is 4. The zero-order valence-corrected chi connectivity index (χ0v) is 22.1. The molecular weight excluding hydrogens is 522 g/mol. The molecule has 2 amide bonds. The first-order valence-electron chi connectivity index (χ1n) is 13.3. The lowest BCUT2D eigenvalue weighted by Crippen LogP contribution is -2.55. The van der Waals surface area contributed by atoms with E-state index in [1.165, 1.54) is 12.1 Å². The number of hydrogen-bond acceptors (Lipinski definition) is 5. The van der Waals surface area contributed by atoms with Crippen molar-refractivity contribution in [1.29, 1.82) is 0 Å². The van der Waals surface area contributed by atoms with Gasteiger partial charge >= 0.3 is 5.97 Å². The van der Waals surface area contributed by atoms with Crippen LogP contribution in [0.15, 0.2) is 85.2 Å². The molecule has 0 radical (unpaired) electrons. The minimum Gasteiger partial charge on any atom is -0.508 e. The molecule has 2 aromatic heterocycles. The summed E-state index contributed by atoms with van der Waals surface area (Å²) in [6.45, 7) is 0. The molecule has 5 aromatic rings. The van der Waals surface area contributed by atoms with Gasteiger partial charge in [0.25, 0.3) is 0 Å². The highest BCUT2D eigenvalue weighted by molar-refractivity contribution is 5.93. The van der Waals surface area contributed by atoms with Crippen LogP contribution in [0.5, 0.6) is 5.75 Å². The van der Waals surface area contributed by atoms with E-state index in [9.17, 15) is 24.6 Å². The molecule has 0 saturated heterocycles. The zero-order chi connectivity index (χ0) is 28.9. The average Bonchev–Trinajstić information content (AvgIpc) is 3.57. The number of hydrogen-bond donors (Lipinski definition) is 7. The van der Waals surface area contributed by atoms with Crippen LogP contribution in [0, 0.1) is 0 Å². The number of para-hydroxylation sites is 2. The second-order valence-electron chi connectivity index (χ2n) is 10.1. The van der Waals surface area contributed by atoms with Crippen LogP contribution in [0.4, 0.5) is 0 Å². The first kappa shape index (κ1) is 27.5. The van der Waals surface area contributed by atoms with Crippen molar-refractivity contribution >= 4 is 39.6 Å². The normalized spacial score (nSPS) is 13.5. The summed E-state index contributed by atoms with van der Waals surface area (Å²) in [5.74, 6) is -2.34. The van der Waals surface area contributed by atoms with Crippen LogP contribution in [-0.4, -0.2) is 56.1 Å². The number of benzene rings is 3. The third kappa shape index (κ3) is 6.39. The number of nitrogens with two attached hydrogens (primary N) is 1. The summed E-state index contributed by atoms with van der Waals surface area (Å²) in [4.78, 5) is 45.2. The Labute approximate surface area is 235 Å².